The zero-order chi connectivity index (χ0) is 16.7. The predicted octanol–water partition coefficient (Wildman–Crippen LogP) is 1.79. The highest BCUT2D eigenvalue weighted by Gasteiger charge is 2.12. The Kier molecular flexibility index (Phi) is 5.30. The molecule has 0 unspecified atom stereocenters. The molecule has 0 atom stereocenters. The Balaban J connectivity index is 2.05. The monoisotopic (exact) mass is 314 g/mol. The predicted molar refractivity (Wildman–Crippen MR) is 81.7 cm³/mol. The van der Waals surface area contributed by atoms with E-state index in [-0.39, 0.29) is 23.7 Å². The van der Waals surface area contributed by atoms with Crippen molar-refractivity contribution in [3.05, 3.63) is 66.1 Å². The van der Waals surface area contributed by atoms with Gasteiger partial charge in [0.2, 0.25) is 5.91 Å². The normalized spacial score (nSPS) is 10.4. The Morgan fingerprint density at radius 3 is 2.57 bits per heavy atom. The number of carboxylic acids is 1. The number of carbonyl (C=O) groups excluding carboxylic acids is 2. The minimum Gasteiger partial charge on any atom is -0.478 e. The number of carboxylic acid groups (broad SMARTS) is 1. The van der Waals surface area contributed by atoms with Crippen LogP contribution in [0.1, 0.15) is 16.1 Å². The van der Waals surface area contributed by atoms with Crippen LogP contribution in [0.3, 0.4) is 0 Å². The fourth-order valence-electron chi connectivity index (χ4n) is 1.79. The lowest BCUT2D eigenvalue weighted by molar-refractivity contribution is -0.131. The first-order valence-corrected chi connectivity index (χ1v) is 6.68. The van der Waals surface area contributed by atoms with E-state index in [1.807, 2.05) is 0 Å². The van der Waals surface area contributed by atoms with Crippen LogP contribution in [-0.2, 0) is 16.1 Å². The van der Waals surface area contributed by atoms with Gasteiger partial charge in [0.25, 0.3) is 5.91 Å². The van der Waals surface area contributed by atoms with Gasteiger partial charge in [-0.1, -0.05) is 12.1 Å². The third-order valence-corrected chi connectivity index (χ3v) is 2.81. The molecule has 3 N–H and O–H groups in total. The molecule has 0 fully saturated rings. The second-order valence-corrected chi connectivity index (χ2v) is 4.47. The van der Waals surface area contributed by atoms with E-state index in [4.69, 9.17) is 9.52 Å². The number of nitrogens with one attached hydrogen (secondary N) is 2. The largest absolute Gasteiger partial charge is 0.478 e. The average Bonchev–Trinajstić information content (AvgIpc) is 3.04. The van der Waals surface area contributed by atoms with E-state index in [9.17, 15) is 14.4 Å². The van der Waals surface area contributed by atoms with Crippen molar-refractivity contribution in [2.24, 2.45) is 0 Å². The first kappa shape index (κ1) is 16.0. The van der Waals surface area contributed by atoms with Crippen molar-refractivity contribution in [3.8, 4) is 0 Å². The van der Waals surface area contributed by atoms with Crippen molar-refractivity contribution >= 4 is 23.5 Å². The van der Waals surface area contributed by atoms with E-state index in [2.05, 4.69) is 10.6 Å². The van der Waals surface area contributed by atoms with Gasteiger partial charge in [0.15, 0.2) is 0 Å². The number of aliphatic carboxylic acids is 1. The van der Waals surface area contributed by atoms with Crippen LogP contribution in [-0.4, -0.2) is 22.9 Å². The highest BCUT2D eigenvalue weighted by atomic mass is 16.4. The molecule has 0 saturated carbocycles. The molecule has 7 nitrogen and oxygen atoms in total. The number of amides is 2. The Hall–Kier alpha value is -3.35. The summed E-state index contributed by atoms with van der Waals surface area (Å²) in [6.45, 7) is 0.215. The molecular weight excluding hydrogens is 300 g/mol. The molecule has 23 heavy (non-hydrogen) atoms. The van der Waals surface area contributed by atoms with Crippen molar-refractivity contribution in [2.45, 2.75) is 6.54 Å². The van der Waals surface area contributed by atoms with Gasteiger partial charge in [-0.15, -0.1) is 0 Å². The minimum absolute atomic E-state index is 0.215. The fraction of sp³-hybridized carbons (Fsp3) is 0.0625. The molecule has 0 radical (unpaired) electrons. The Morgan fingerprint density at radius 1 is 1.09 bits per heavy atom. The van der Waals surface area contributed by atoms with Gasteiger partial charge in [0.1, 0.15) is 5.76 Å². The Morgan fingerprint density at radius 2 is 1.87 bits per heavy atom. The van der Waals surface area contributed by atoms with Crippen molar-refractivity contribution in [1.29, 1.82) is 0 Å². The molecule has 1 aromatic heterocycles. The highest BCUT2D eigenvalue weighted by Crippen LogP contribution is 2.15. The maximum Gasteiger partial charge on any atom is 0.328 e. The third kappa shape index (κ3) is 4.85. The first-order valence-electron chi connectivity index (χ1n) is 6.68. The minimum atomic E-state index is -1.23. The molecule has 0 spiro atoms. The molecule has 0 saturated heterocycles. The summed E-state index contributed by atoms with van der Waals surface area (Å²) in [5.74, 6) is -1.66. The molecule has 0 aliphatic carbocycles. The summed E-state index contributed by atoms with van der Waals surface area (Å²) in [5, 5.41) is 13.6. The Bertz CT molecular complexity index is 735. The van der Waals surface area contributed by atoms with Crippen LogP contribution in [0.5, 0.6) is 0 Å². The smallest absolute Gasteiger partial charge is 0.328 e. The van der Waals surface area contributed by atoms with E-state index < -0.39 is 11.9 Å². The van der Waals surface area contributed by atoms with Gasteiger partial charge in [-0.3, -0.25) is 9.59 Å². The second-order valence-electron chi connectivity index (χ2n) is 4.47. The van der Waals surface area contributed by atoms with Crippen LogP contribution in [0, 0.1) is 0 Å². The van der Waals surface area contributed by atoms with Gasteiger partial charge in [-0.05, 0) is 24.3 Å². The maximum absolute atomic E-state index is 12.2. The zero-order valence-electron chi connectivity index (χ0n) is 12.0. The first-order chi connectivity index (χ1) is 11.1. The van der Waals surface area contributed by atoms with Crippen LogP contribution in [0.15, 0.2) is 59.2 Å². The standard InChI is InChI=1S/C16H14N2O5/c19-14(7-8-15(20)21)18-13-6-2-1-5-12(13)16(22)17-10-11-4-3-9-23-11/h1-9H,10H2,(H,17,22)(H,18,19)(H,20,21)/b8-7-. The zero-order valence-corrected chi connectivity index (χ0v) is 12.0. The molecule has 1 heterocycles. The van der Waals surface area contributed by atoms with E-state index in [1.54, 1.807) is 36.4 Å². The summed E-state index contributed by atoms with van der Waals surface area (Å²) in [7, 11) is 0. The summed E-state index contributed by atoms with van der Waals surface area (Å²) in [5.41, 5.74) is 0.542. The van der Waals surface area contributed by atoms with Crippen LogP contribution in [0.2, 0.25) is 0 Å². The van der Waals surface area contributed by atoms with Crippen LogP contribution in [0.25, 0.3) is 0 Å². The van der Waals surface area contributed by atoms with Crippen molar-refractivity contribution in [3.63, 3.8) is 0 Å². The fourth-order valence-corrected chi connectivity index (χ4v) is 1.79. The lowest BCUT2D eigenvalue weighted by Crippen LogP contribution is -2.24. The van der Waals surface area contributed by atoms with E-state index >= 15 is 0 Å². The second kappa shape index (κ2) is 7.60. The van der Waals surface area contributed by atoms with Crippen molar-refractivity contribution < 1.29 is 23.9 Å². The molecule has 1 aromatic carbocycles. The summed E-state index contributed by atoms with van der Waals surface area (Å²) in [6.07, 6.45) is 3.10. The highest BCUT2D eigenvalue weighted by molar-refractivity contribution is 6.07. The number of hydrogen-bond donors (Lipinski definition) is 3. The number of para-hydroxylation sites is 1. The average molecular weight is 314 g/mol. The number of anilines is 1. The Labute approximate surface area is 131 Å². The van der Waals surface area contributed by atoms with E-state index in [0.717, 1.165) is 12.2 Å². The summed E-state index contributed by atoms with van der Waals surface area (Å²) < 4.78 is 5.12. The molecule has 118 valence electrons. The number of carbonyl (C=O) groups is 3. The number of benzene rings is 1. The molecular formula is C16H14N2O5. The summed E-state index contributed by atoms with van der Waals surface area (Å²) in [4.78, 5) is 34.2. The number of hydrogen-bond acceptors (Lipinski definition) is 4. The van der Waals surface area contributed by atoms with Gasteiger partial charge >= 0.3 is 5.97 Å². The topological polar surface area (TPSA) is 109 Å². The van der Waals surface area contributed by atoms with Crippen molar-refractivity contribution in [2.75, 3.05) is 5.32 Å². The summed E-state index contributed by atoms with van der Waals surface area (Å²) in [6, 6.07) is 9.85. The molecule has 7 heteroatoms. The molecule has 2 amide bonds. The van der Waals surface area contributed by atoms with E-state index in [0.29, 0.717) is 5.76 Å². The quantitative estimate of drug-likeness (QED) is 0.704. The van der Waals surface area contributed by atoms with Gasteiger partial charge in [-0.25, -0.2) is 4.79 Å². The van der Waals surface area contributed by atoms with Gasteiger partial charge in [-0.2, -0.15) is 0 Å². The van der Waals surface area contributed by atoms with E-state index in [1.165, 1.54) is 6.26 Å². The summed E-state index contributed by atoms with van der Waals surface area (Å²) >= 11 is 0. The SMILES string of the molecule is O=C(O)/C=C\C(=O)Nc1ccccc1C(=O)NCc1ccco1. The maximum atomic E-state index is 12.2. The lowest BCUT2D eigenvalue weighted by atomic mass is 10.1. The van der Waals surface area contributed by atoms with Crippen LogP contribution in [0.4, 0.5) is 5.69 Å². The molecule has 0 aliphatic heterocycles. The molecule has 0 bridgehead atoms. The molecule has 0 aliphatic rings. The van der Waals surface area contributed by atoms with Crippen molar-refractivity contribution in [1.82, 2.24) is 5.32 Å². The number of furan rings is 1. The lowest BCUT2D eigenvalue weighted by Gasteiger charge is -2.09. The van der Waals surface area contributed by atoms with Gasteiger partial charge in [0.05, 0.1) is 24.1 Å². The molecule has 2 rings (SSSR count). The third-order valence-electron chi connectivity index (χ3n) is 2.81. The van der Waals surface area contributed by atoms with Crippen LogP contribution < -0.4 is 10.6 Å². The van der Waals surface area contributed by atoms with Crippen LogP contribution >= 0.6 is 0 Å². The number of rotatable bonds is 6. The molecule has 2 aromatic rings. The van der Waals surface area contributed by atoms with Gasteiger partial charge in [0, 0.05) is 12.2 Å². The van der Waals surface area contributed by atoms with Gasteiger partial charge < -0.3 is 20.2 Å².